The molecule has 0 fully saturated rings. The first-order chi connectivity index (χ1) is 13.3. The average molecular weight is 361 g/mol. The summed E-state index contributed by atoms with van der Waals surface area (Å²) in [5, 5.41) is 14.5. The number of nitrogens with one attached hydrogen (secondary N) is 1. The van der Waals surface area contributed by atoms with Crippen LogP contribution in [0.4, 0.5) is 0 Å². The molecule has 4 rings (SSSR count). The number of carbonyl (C=O) groups excluding carboxylic acids is 1. The van der Waals surface area contributed by atoms with Gasteiger partial charge in [0.05, 0.1) is 11.9 Å². The van der Waals surface area contributed by atoms with Gasteiger partial charge in [0.1, 0.15) is 5.69 Å². The SMILES string of the molecule is O=C(NCCc1nc(-c2ccccn2)no1)c1cn(-c2ccccc2)nn1. The van der Waals surface area contributed by atoms with Crippen molar-refractivity contribution in [2.24, 2.45) is 0 Å². The van der Waals surface area contributed by atoms with Crippen molar-refractivity contribution >= 4 is 5.91 Å². The summed E-state index contributed by atoms with van der Waals surface area (Å²) in [6, 6.07) is 14.9. The molecule has 0 unspecified atom stereocenters. The number of nitrogens with zero attached hydrogens (tertiary/aromatic N) is 6. The van der Waals surface area contributed by atoms with Crippen LogP contribution in [0, 0.1) is 0 Å². The molecule has 0 radical (unpaired) electrons. The lowest BCUT2D eigenvalue weighted by molar-refractivity contribution is 0.0948. The van der Waals surface area contributed by atoms with Crippen LogP contribution < -0.4 is 5.32 Å². The van der Waals surface area contributed by atoms with Crippen LogP contribution in [0.3, 0.4) is 0 Å². The second kappa shape index (κ2) is 7.56. The third kappa shape index (κ3) is 3.87. The zero-order valence-electron chi connectivity index (χ0n) is 14.2. The normalized spacial score (nSPS) is 10.7. The molecule has 3 aromatic heterocycles. The number of para-hydroxylation sites is 1. The van der Waals surface area contributed by atoms with E-state index < -0.39 is 0 Å². The van der Waals surface area contributed by atoms with Crippen LogP contribution in [0.1, 0.15) is 16.4 Å². The Bertz CT molecular complexity index is 1030. The van der Waals surface area contributed by atoms with Crippen LogP contribution in [0.2, 0.25) is 0 Å². The highest BCUT2D eigenvalue weighted by molar-refractivity contribution is 5.91. The van der Waals surface area contributed by atoms with Gasteiger partial charge in [0.2, 0.25) is 11.7 Å². The molecule has 9 heteroatoms. The molecule has 4 aromatic rings. The Kier molecular flexibility index (Phi) is 4.64. The fourth-order valence-corrected chi connectivity index (χ4v) is 2.40. The first-order valence-electron chi connectivity index (χ1n) is 8.29. The second-order valence-electron chi connectivity index (χ2n) is 5.62. The summed E-state index contributed by atoms with van der Waals surface area (Å²) in [5.74, 6) is 0.522. The van der Waals surface area contributed by atoms with Crippen molar-refractivity contribution in [2.75, 3.05) is 6.54 Å². The average Bonchev–Trinajstić information content (AvgIpc) is 3.39. The van der Waals surface area contributed by atoms with Gasteiger partial charge in [-0.15, -0.1) is 5.10 Å². The number of hydrogen-bond donors (Lipinski definition) is 1. The lowest BCUT2D eigenvalue weighted by Gasteiger charge is -2.00. The van der Waals surface area contributed by atoms with E-state index in [-0.39, 0.29) is 11.6 Å². The van der Waals surface area contributed by atoms with Gasteiger partial charge >= 0.3 is 0 Å². The van der Waals surface area contributed by atoms with E-state index in [2.05, 4.69) is 30.8 Å². The molecule has 0 bridgehead atoms. The fourth-order valence-electron chi connectivity index (χ4n) is 2.40. The topological polar surface area (TPSA) is 112 Å². The number of benzene rings is 1. The van der Waals surface area contributed by atoms with Crippen molar-refractivity contribution in [2.45, 2.75) is 6.42 Å². The molecule has 0 atom stereocenters. The van der Waals surface area contributed by atoms with Gasteiger partial charge < -0.3 is 9.84 Å². The van der Waals surface area contributed by atoms with E-state index in [1.807, 2.05) is 42.5 Å². The van der Waals surface area contributed by atoms with E-state index in [0.717, 1.165) is 5.69 Å². The predicted molar refractivity (Wildman–Crippen MR) is 94.9 cm³/mol. The van der Waals surface area contributed by atoms with Gasteiger partial charge in [-0.05, 0) is 24.3 Å². The Balaban J connectivity index is 1.33. The summed E-state index contributed by atoms with van der Waals surface area (Å²) >= 11 is 0. The summed E-state index contributed by atoms with van der Waals surface area (Å²) < 4.78 is 6.73. The molecule has 0 saturated heterocycles. The highest BCUT2D eigenvalue weighted by Crippen LogP contribution is 2.12. The highest BCUT2D eigenvalue weighted by atomic mass is 16.5. The smallest absolute Gasteiger partial charge is 0.273 e. The minimum Gasteiger partial charge on any atom is -0.350 e. The molecule has 0 aliphatic heterocycles. The molecule has 0 aliphatic rings. The lowest BCUT2D eigenvalue weighted by atomic mass is 10.3. The van der Waals surface area contributed by atoms with Crippen LogP contribution in [0.15, 0.2) is 65.4 Å². The molecule has 1 N–H and O–H groups in total. The van der Waals surface area contributed by atoms with E-state index >= 15 is 0 Å². The predicted octanol–water partition coefficient (Wildman–Crippen LogP) is 1.68. The van der Waals surface area contributed by atoms with Crippen LogP contribution in [-0.2, 0) is 6.42 Å². The maximum Gasteiger partial charge on any atom is 0.273 e. The summed E-state index contributed by atoms with van der Waals surface area (Å²) in [6.45, 7) is 0.334. The number of aromatic nitrogens is 6. The fraction of sp³-hybridized carbons (Fsp3) is 0.111. The van der Waals surface area contributed by atoms with E-state index in [9.17, 15) is 4.79 Å². The van der Waals surface area contributed by atoms with Crippen molar-refractivity contribution < 1.29 is 9.32 Å². The molecule has 0 saturated carbocycles. The van der Waals surface area contributed by atoms with Gasteiger partial charge in [0, 0.05) is 19.2 Å². The number of rotatable bonds is 6. The van der Waals surface area contributed by atoms with Crippen LogP contribution >= 0.6 is 0 Å². The molecule has 134 valence electrons. The summed E-state index contributed by atoms with van der Waals surface area (Å²) in [5.41, 5.74) is 1.70. The Morgan fingerprint density at radius 2 is 1.96 bits per heavy atom. The maximum atomic E-state index is 12.2. The van der Waals surface area contributed by atoms with Gasteiger partial charge in [0.15, 0.2) is 5.69 Å². The molecular formula is C18H15N7O2. The molecule has 27 heavy (non-hydrogen) atoms. The number of hydrogen-bond acceptors (Lipinski definition) is 7. The van der Waals surface area contributed by atoms with Gasteiger partial charge in [-0.2, -0.15) is 4.98 Å². The number of pyridine rings is 1. The Hall–Kier alpha value is -3.88. The summed E-state index contributed by atoms with van der Waals surface area (Å²) in [4.78, 5) is 20.6. The van der Waals surface area contributed by atoms with E-state index in [1.165, 1.54) is 0 Å². The minimum absolute atomic E-state index is 0.235. The monoisotopic (exact) mass is 361 g/mol. The van der Waals surface area contributed by atoms with Gasteiger partial charge in [0.25, 0.3) is 5.91 Å². The zero-order chi connectivity index (χ0) is 18.5. The molecule has 9 nitrogen and oxygen atoms in total. The third-order valence-corrected chi connectivity index (χ3v) is 3.73. The first-order valence-corrected chi connectivity index (χ1v) is 8.29. The largest absolute Gasteiger partial charge is 0.350 e. The van der Waals surface area contributed by atoms with Gasteiger partial charge in [-0.3, -0.25) is 9.78 Å². The van der Waals surface area contributed by atoms with E-state index in [0.29, 0.717) is 30.4 Å². The van der Waals surface area contributed by atoms with Crippen LogP contribution in [0.25, 0.3) is 17.2 Å². The molecule has 1 amide bonds. The number of carbonyl (C=O) groups is 1. The molecule has 3 heterocycles. The Morgan fingerprint density at radius 1 is 1.11 bits per heavy atom. The standard InChI is InChI=1S/C18H15N7O2/c26-18(15-12-25(24-22-15)13-6-2-1-3-7-13)20-11-9-16-21-17(23-27-16)14-8-4-5-10-19-14/h1-8,10,12H,9,11H2,(H,20,26). The molecular weight excluding hydrogens is 346 g/mol. The second-order valence-corrected chi connectivity index (χ2v) is 5.62. The van der Waals surface area contributed by atoms with Gasteiger partial charge in [-0.1, -0.05) is 34.6 Å². The Labute approximate surface area is 154 Å². The lowest BCUT2D eigenvalue weighted by Crippen LogP contribution is -2.26. The molecule has 1 aromatic carbocycles. The van der Waals surface area contributed by atoms with Crippen LogP contribution in [0.5, 0.6) is 0 Å². The number of amides is 1. The van der Waals surface area contributed by atoms with E-state index in [4.69, 9.17) is 4.52 Å². The van der Waals surface area contributed by atoms with Crippen molar-refractivity contribution in [3.8, 4) is 17.2 Å². The minimum atomic E-state index is -0.318. The molecule has 0 aliphatic carbocycles. The van der Waals surface area contributed by atoms with Crippen LogP contribution in [-0.4, -0.2) is 42.6 Å². The Morgan fingerprint density at radius 3 is 2.78 bits per heavy atom. The van der Waals surface area contributed by atoms with Crippen molar-refractivity contribution in [3.05, 3.63) is 72.5 Å². The third-order valence-electron chi connectivity index (χ3n) is 3.73. The highest BCUT2D eigenvalue weighted by Gasteiger charge is 2.13. The maximum absolute atomic E-state index is 12.2. The molecule has 0 spiro atoms. The first kappa shape index (κ1) is 16.6. The summed E-state index contributed by atoms with van der Waals surface area (Å²) in [7, 11) is 0. The summed E-state index contributed by atoms with van der Waals surface area (Å²) in [6.07, 6.45) is 3.64. The van der Waals surface area contributed by atoms with Crippen molar-refractivity contribution in [1.82, 2.24) is 35.4 Å². The van der Waals surface area contributed by atoms with Crippen molar-refractivity contribution in [3.63, 3.8) is 0 Å². The van der Waals surface area contributed by atoms with E-state index in [1.54, 1.807) is 23.1 Å². The zero-order valence-corrected chi connectivity index (χ0v) is 14.2. The quantitative estimate of drug-likeness (QED) is 0.556. The van der Waals surface area contributed by atoms with Crippen molar-refractivity contribution in [1.29, 1.82) is 0 Å². The van der Waals surface area contributed by atoms with Gasteiger partial charge in [-0.25, -0.2) is 4.68 Å².